The van der Waals surface area contributed by atoms with Crippen molar-refractivity contribution < 1.29 is 13.9 Å². The summed E-state index contributed by atoms with van der Waals surface area (Å²) in [4.78, 5) is 12.6. The van der Waals surface area contributed by atoms with Crippen LogP contribution in [-0.4, -0.2) is 15.7 Å². The molecule has 0 unspecified atom stereocenters. The van der Waals surface area contributed by atoms with Crippen LogP contribution in [0, 0.1) is 12.7 Å². The molecule has 1 aromatic heterocycles. The van der Waals surface area contributed by atoms with Gasteiger partial charge in [-0.3, -0.25) is 4.79 Å². The van der Waals surface area contributed by atoms with E-state index in [0.29, 0.717) is 33.6 Å². The van der Waals surface area contributed by atoms with Crippen LogP contribution in [-0.2, 0) is 7.05 Å². The first-order chi connectivity index (χ1) is 11.9. The quantitative estimate of drug-likeness (QED) is 0.742. The summed E-state index contributed by atoms with van der Waals surface area (Å²) in [5, 5.41) is 7.55. The molecule has 3 aromatic rings. The third kappa shape index (κ3) is 3.80. The Balaban J connectivity index is 1.88. The van der Waals surface area contributed by atoms with Crippen molar-refractivity contribution in [2.45, 2.75) is 6.92 Å². The van der Waals surface area contributed by atoms with Gasteiger partial charge in [0.15, 0.2) is 0 Å². The van der Waals surface area contributed by atoms with Gasteiger partial charge in [0.25, 0.3) is 5.91 Å². The summed E-state index contributed by atoms with van der Waals surface area (Å²) in [6.07, 6.45) is 0. The maximum atomic E-state index is 13.0. The van der Waals surface area contributed by atoms with Crippen molar-refractivity contribution in [3.05, 3.63) is 70.6 Å². The van der Waals surface area contributed by atoms with Gasteiger partial charge in [0.2, 0.25) is 5.88 Å². The van der Waals surface area contributed by atoms with Crippen LogP contribution in [0.5, 0.6) is 11.6 Å². The molecule has 0 saturated carbocycles. The topological polar surface area (TPSA) is 56.2 Å². The Hall–Kier alpha value is -2.86. The van der Waals surface area contributed by atoms with E-state index < -0.39 is 0 Å². The summed E-state index contributed by atoms with van der Waals surface area (Å²) < 4.78 is 20.3. The van der Waals surface area contributed by atoms with E-state index in [1.165, 1.54) is 28.9 Å². The average molecular weight is 360 g/mol. The van der Waals surface area contributed by atoms with Gasteiger partial charge < -0.3 is 10.1 Å². The molecule has 3 rings (SSSR count). The van der Waals surface area contributed by atoms with Gasteiger partial charge in [-0.15, -0.1) is 0 Å². The van der Waals surface area contributed by atoms with E-state index >= 15 is 0 Å². The monoisotopic (exact) mass is 359 g/mol. The highest BCUT2D eigenvalue weighted by molar-refractivity contribution is 6.30. The van der Waals surface area contributed by atoms with Crippen molar-refractivity contribution in [3.8, 4) is 11.6 Å². The number of ether oxygens (including phenoxy) is 1. The van der Waals surface area contributed by atoms with Crippen molar-refractivity contribution in [3.63, 3.8) is 0 Å². The molecular formula is C18H15ClFN3O2. The van der Waals surface area contributed by atoms with Crippen LogP contribution in [0.4, 0.5) is 10.1 Å². The summed E-state index contributed by atoms with van der Waals surface area (Å²) in [6.45, 7) is 1.72. The molecule has 0 aliphatic rings. The molecule has 0 aliphatic carbocycles. The molecule has 1 N–H and O–H groups in total. The number of carbonyl (C=O) groups is 1. The van der Waals surface area contributed by atoms with Crippen molar-refractivity contribution in [2.24, 2.45) is 7.05 Å². The van der Waals surface area contributed by atoms with E-state index in [0.717, 1.165) is 0 Å². The van der Waals surface area contributed by atoms with E-state index in [-0.39, 0.29) is 11.7 Å². The first-order valence-electron chi connectivity index (χ1n) is 7.48. The molecule has 2 aromatic carbocycles. The molecule has 7 heteroatoms. The Bertz CT molecular complexity index is 905. The second kappa shape index (κ2) is 6.94. The number of aryl methyl sites for hydroxylation is 2. The number of rotatable bonds is 4. The van der Waals surface area contributed by atoms with E-state index in [1.807, 2.05) is 0 Å². The molecule has 5 nitrogen and oxygen atoms in total. The molecule has 25 heavy (non-hydrogen) atoms. The number of nitrogens with zero attached hydrogens (tertiary/aromatic N) is 2. The number of benzene rings is 2. The molecule has 0 aliphatic heterocycles. The van der Waals surface area contributed by atoms with E-state index in [2.05, 4.69) is 10.4 Å². The first kappa shape index (κ1) is 17.0. The minimum Gasteiger partial charge on any atom is -0.438 e. The van der Waals surface area contributed by atoms with Crippen molar-refractivity contribution in [1.29, 1.82) is 0 Å². The molecule has 0 saturated heterocycles. The minimum absolute atomic E-state index is 0.305. The fourth-order valence-electron chi connectivity index (χ4n) is 2.36. The highest BCUT2D eigenvalue weighted by Gasteiger charge is 2.22. The highest BCUT2D eigenvalue weighted by Crippen LogP contribution is 2.28. The second-order valence-corrected chi connectivity index (χ2v) is 5.84. The number of aromatic nitrogens is 2. The number of anilines is 1. The highest BCUT2D eigenvalue weighted by atomic mass is 35.5. The van der Waals surface area contributed by atoms with Crippen LogP contribution in [0.1, 0.15) is 16.1 Å². The van der Waals surface area contributed by atoms with Gasteiger partial charge in [-0.2, -0.15) is 5.10 Å². The van der Waals surface area contributed by atoms with Gasteiger partial charge in [-0.25, -0.2) is 9.07 Å². The van der Waals surface area contributed by atoms with Crippen molar-refractivity contribution >= 4 is 23.2 Å². The predicted molar refractivity (Wildman–Crippen MR) is 93.8 cm³/mol. The molecule has 0 radical (unpaired) electrons. The standard InChI is InChI=1S/C18H15ClFN3O2/c1-11-16(17(24)21-14-7-5-13(20)6-8-14)18(23(2)22-11)25-15-9-3-12(19)4-10-15/h3-10H,1-2H3,(H,21,24). The Labute approximate surface area is 149 Å². The lowest BCUT2D eigenvalue weighted by atomic mass is 10.2. The molecule has 1 amide bonds. The van der Waals surface area contributed by atoms with Gasteiger partial charge in [-0.1, -0.05) is 11.6 Å². The number of hydrogen-bond acceptors (Lipinski definition) is 3. The van der Waals surface area contributed by atoms with Crippen molar-refractivity contribution in [1.82, 2.24) is 9.78 Å². The van der Waals surface area contributed by atoms with Crippen LogP contribution in [0.15, 0.2) is 48.5 Å². The summed E-state index contributed by atoms with van der Waals surface area (Å²) in [6, 6.07) is 12.3. The van der Waals surface area contributed by atoms with E-state index in [1.54, 1.807) is 38.2 Å². The Morgan fingerprint density at radius 1 is 1.16 bits per heavy atom. The predicted octanol–water partition coefficient (Wildman–Crippen LogP) is 4.57. The third-order valence-electron chi connectivity index (χ3n) is 3.53. The number of carbonyl (C=O) groups excluding carboxylic acids is 1. The fraction of sp³-hybridized carbons (Fsp3) is 0.111. The zero-order chi connectivity index (χ0) is 18.0. The number of hydrogen-bond donors (Lipinski definition) is 1. The second-order valence-electron chi connectivity index (χ2n) is 5.41. The molecule has 128 valence electrons. The normalized spacial score (nSPS) is 10.6. The Morgan fingerprint density at radius 3 is 2.44 bits per heavy atom. The Kier molecular flexibility index (Phi) is 4.72. The van der Waals surface area contributed by atoms with Crippen LogP contribution >= 0.6 is 11.6 Å². The number of halogens is 2. The van der Waals surface area contributed by atoms with Gasteiger partial charge in [-0.05, 0) is 55.5 Å². The molecule has 1 heterocycles. The Morgan fingerprint density at radius 2 is 1.80 bits per heavy atom. The maximum Gasteiger partial charge on any atom is 0.263 e. The smallest absolute Gasteiger partial charge is 0.263 e. The molecule has 0 spiro atoms. The summed E-state index contributed by atoms with van der Waals surface area (Å²) in [5.74, 6) is 0.0751. The van der Waals surface area contributed by atoms with Crippen LogP contribution in [0.25, 0.3) is 0 Å². The molecule has 0 atom stereocenters. The van der Waals surface area contributed by atoms with Crippen molar-refractivity contribution in [2.75, 3.05) is 5.32 Å². The summed E-state index contributed by atoms with van der Waals surface area (Å²) in [7, 11) is 1.69. The first-order valence-corrected chi connectivity index (χ1v) is 7.86. The SMILES string of the molecule is Cc1nn(C)c(Oc2ccc(Cl)cc2)c1C(=O)Nc1ccc(F)cc1. The van der Waals surface area contributed by atoms with Gasteiger partial charge in [0, 0.05) is 17.8 Å². The number of nitrogens with one attached hydrogen (secondary N) is 1. The summed E-state index contributed by atoms with van der Waals surface area (Å²) >= 11 is 5.87. The summed E-state index contributed by atoms with van der Waals surface area (Å²) in [5.41, 5.74) is 1.31. The largest absolute Gasteiger partial charge is 0.438 e. The minimum atomic E-state index is -0.388. The average Bonchev–Trinajstić information content (AvgIpc) is 2.85. The lowest BCUT2D eigenvalue weighted by molar-refractivity contribution is 0.102. The molecule has 0 bridgehead atoms. The zero-order valence-corrected chi connectivity index (χ0v) is 14.3. The van der Waals surface area contributed by atoms with Gasteiger partial charge >= 0.3 is 0 Å². The molecular weight excluding hydrogens is 345 g/mol. The molecule has 0 fully saturated rings. The van der Waals surface area contributed by atoms with Gasteiger partial charge in [0.1, 0.15) is 17.1 Å². The number of amides is 1. The van der Waals surface area contributed by atoms with Crippen LogP contribution < -0.4 is 10.1 Å². The third-order valence-corrected chi connectivity index (χ3v) is 3.78. The fourth-order valence-corrected chi connectivity index (χ4v) is 2.48. The lowest BCUT2D eigenvalue weighted by Crippen LogP contribution is -2.13. The zero-order valence-electron chi connectivity index (χ0n) is 13.6. The van der Waals surface area contributed by atoms with E-state index in [4.69, 9.17) is 16.3 Å². The maximum absolute atomic E-state index is 13.0. The lowest BCUT2D eigenvalue weighted by Gasteiger charge is -2.09. The van der Waals surface area contributed by atoms with E-state index in [9.17, 15) is 9.18 Å². The van der Waals surface area contributed by atoms with Crippen LogP contribution in [0.3, 0.4) is 0 Å². The van der Waals surface area contributed by atoms with Crippen LogP contribution in [0.2, 0.25) is 5.02 Å². The van der Waals surface area contributed by atoms with Gasteiger partial charge in [0.05, 0.1) is 5.69 Å².